The number of alkyl carbamates (subject to hydrolysis) is 1. The molecule has 2 aromatic carbocycles. The Morgan fingerprint density at radius 1 is 0.905 bits per heavy atom. The molecule has 228 valence electrons. The molecule has 2 heterocycles. The highest BCUT2D eigenvalue weighted by Gasteiger charge is 2.52. The third-order valence-electron chi connectivity index (χ3n) is 8.62. The molecule has 2 aliphatic heterocycles. The van der Waals surface area contributed by atoms with Gasteiger partial charge in [-0.3, -0.25) is 9.59 Å². The predicted molar refractivity (Wildman–Crippen MR) is 165 cm³/mol. The van der Waals surface area contributed by atoms with Gasteiger partial charge in [0.1, 0.15) is 18.2 Å². The summed E-state index contributed by atoms with van der Waals surface area (Å²) in [5, 5.41) is 5.89. The molecule has 1 atom stereocenters. The lowest BCUT2D eigenvalue weighted by molar-refractivity contribution is -0.161. The van der Waals surface area contributed by atoms with Gasteiger partial charge in [0.15, 0.2) is 0 Å². The Balaban J connectivity index is 1.15. The number of likely N-dealkylation sites (tertiary alicyclic amines) is 1. The summed E-state index contributed by atoms with van der Waals surface area (Å²) < 4.78 is 5.24. The van der Waals surface area contributed by atoms with E-state index in [0.29, 0.717) is 32.4 Å². The van der Waals surface area contributed by atoms with Gasteiger partial charge in [-0.15, -0.1) is 0 Å². The normalized spacial score (nSPS) is 18.6. The highest BCUT2D eigenvalue weighted by atomic mass is 16.5. The van der Waals surface area contributed by atoms with Crippen molar-refractivity contribution in [2.45, 2.75) is 89.3 Å². The highest BCUT2D eigenvalue weighted by Crippen LogP contribution is 2.34. The van der Waals surface area contributed by atoms with Crippen molar-refractivity contribution in [3.63, 3.8) is 0 Å². The highest BCUT2D eigenvalue weighted by molar-refractivity contribution is 6.00. The zero-order valence-corrected chi connectivity index (χ0v) is 25.2. The van der Waals surface area contributed by atoms with Gasteiger partial charge in [0.25, 0.3) is 0 Å². The Labute approximate surface area is 251 Å². The largest absolute Gasteiger partial charge is 0.445 e. The molecule has 0 radical (unpaired) electrons. The van der Waals surface area contributed by atoms with Crippen molar-refractivity contribution in [1.82, 2.24) is 20.4 Å². The topological polar surface area (TPSA) is 91.0 Å². The third kappa shape index (κ3) is 8.81. The van der Waals surface area contributed by atoms with E-state index in [1.54, 1.807) is 0 Å². The lowest BCUT2D eigenvalue weighted by Crippen LogP contribution is -2.72. The Morgan fingerprint density at radius 2 is 1.60 bits per heavy atom. The van der Waals surface area contributed by atoms with E-state index in [1.807, 2.05) is 35.2 Å². The Kier molecular flexibility index (Phi) is 12.2. The maximum Gasteiger partial charge on any atom is 0.407 e. The molecular weight excluding hydrogens is 528 g/mol. The molecule has 2 N–H and O–H groups in total. The van der Waals surface area contributed by atoms with Crippen LogP contribution in [0, 0.1) is 0 Å². The number of hydrogen-bond donors (Lipinski definition) is 2. The van der Waals surface area contributed by atoms with Crippen molar-refractivity contribution in [2.75, 3.05) is 32.7 Å². The average molecular weight is 577 g/mol. The van der Waals surface area contributed by atoms with Gasteiger partial charge in [-0.1, -0.05) is 80.4 Å². The molecule has 4 rings (SSSR count). The molecular formula is C34H48N4O4. The molecule has 1 spiro atoms. The van der Waals surface area contributed by atoms with Gasteiger partial charge in [-0.05, 0) is 69.0 Å². The Bertz CT molecular complexity index is 1120. The second kappa shape index (κ2) is 16.3. The Hall–Kier alpha value is -3.39. The number of aryl methyl sites for hydroxylation is 1. The molecule has 8 heteroatoms. The van der Waals surface area contributed by atoms with Gasteiger partial charge in [0, 0.05) is 26.2 Å². The van der Waals surface area contributed by atoms with Crippen LogP contribution >= 0.6 is 0 Å². The summed E-state index contributed by atoms with van der Waals surface area (Å²) in [6.45, 7) is 6.19. The van der Waals surface area contributed by atoms with Crippen LogP contribution < -0.4 is 10.6 Å². The summed E-state index contributed by atoms with van der Waals surface area (Å²) in [6.07, 6.45) is 8.27. The van der Waals surface area contributed by atoms with Gasteiger partial charge in [0.05, 0.1) is 0 Å². The number of carbonyl (C=O) groups excluding carboxylic acids is 3. The van der Waals surface area contributed by atoms with Gasteiger partial charge < -0.3 is 25.2 Å². The van der Waals surface area contributed by atoms with E-state index < -0.39 is 17.7 Å². The number of ether oxygens (including phenoxy) is 1. The fraction of sp³-hybridized carbons (Fsp3) is 0.559. The summed E-state index contributed by atoms with van der Waals surface area (Å²) in [5.74, 6) is 0.0856. The van der Waals surface area contributed by atoms with Crippen LogP contribution in [0.4, 0.5) is 4.79 Å². The molecule has 42 heavy (non-hydrogen) atoms. The van der Waals surface area contributed by atoms with Gasteiger partial charge >= 0.3 is 6.09 Å². The lowest BCUT2D eigenvalue weighted by atomic mass is 9.81. The molecule has 2 saturated heterocycles. The number of rotatable bonds is 15. The standard InChI is InChI=1S/C34H48N4O4/c1-2-23-38-31(39)30(19-10-5-12-22-35-33(41)42-27-29-17-8-4-9-18-29)36-32(40)34(38)20-25-37(26-21-34)24-13-11-16-28-14-6-3-7-15-28/h3-4,6-9,14-15,17-18,30H,2,5,10-13,16,19-27H2,1H3,(H,35,41)(H,36,40)/t30-/m1/s1. The number of carbonyl (C=O) groups is 3. The molecule has 0 bridgehead atoms. The zero-order valence-electron chi connectivity index (χ0n) is 25.2. The maximum atomic E-state index is 13.6. The number of amides is 3. The molecule has 3 amide bonds. The maximum absolute atomic E-state index is 13.6. The number of unbranched alkanes of at least 4 members (excludes halogenated alkanes) is 3. The predicted octanol–water partition coefficient (Wildman–Crippen LogP) is 5.07. The number of piperazine rings is 1. The third-order valence-corrected chi connectivity index (χ3v) is 8.62. The summed E-state index contributed by atoms with van der Waals surface area (Å²) in [7, 11) is 0. The van der Waals surface area contributed by atoms with E-state index in [9.17, 15) is 14.4 Å². The zero-order chi connectivity index (χ0) is 29.6. The first kappa shape index (κ1) is 31.5. The van der Waals surface area contributed by atoms with Crippen molar-refractivity contribution in [3.8, 4) is 0 Å². The van der Waals surface area contributed by atoms with E-state index in [4.69, 9.17) is 4.74 Å². The van der Waals surface area contributed by atoms with E-state index in [1.165, 1.54) is 5.56 Å². The van der Waals surface area contributed by atoms with Crippen molar-refractivity contribution in [2.24, 2.45) is 0 Å². The molecule has 8 nitrogen and oxygen atoms in total. The number of hydrogen-bond acceptors (Lipinski definition) is 5. The second-order valence-corrected chi connectivity index (χ2v) is 11.7. The monoisotopic (exact) mass is 576 g/mol. The minimum Gasteiger partial charge on any atom is -0.445 e. The van der Waals surface area contributed by atoms with Crippen molar-refractivity contribution in [3.05, 3.63) is 71.8 Å². The van der Waals surface area contributed by atoms with E-state index in [2.05, 4.69) is 52.8 Å². The minimum absolute atomic E-state index is 0.0205. The van der Waals surface area contributed by atoms with Gasteiger partial charge in [-0.2, -0.15) is 0 Å². The van der Waals surface area contributed by atoms with Crippen LogP contribution in [-0.2, 0) is 27.4 Å². The van der Waals surface area contributed by atoms with Crippen LogP contribution in [0.2, 0.25) is 0 Å². The SMILES string of the molecule is CCCN1C(=O)[C@@H](CCCCCNC(=O)OCc2ccccc2)NC(=O)C12CCN(CCCCc1ccccc1)CC2. The first-order valence-electron chi connectivity index (χ1n) is 15.8. The van der Waals surface area contributed by atoms with Crippen LogP contribution in [-0.4, -0.2) is 72.0 Å². The summed E-state index contributed by atoms with van der Waals surface area (Å²) in [4.78, 5) is 43.4. The quantitative estimate of drug-likeness (QED) is 0.289. The molecule has 0 aromatic heterocycles. The number of benzene rings is 2. The molecule has 2 fully saturated rings. The summed E-state index contributed by atoms with van der Waals surface area (Å²) in [5.41, 5.74) is 1.62. The number of piperidine rings is 1. The fourth-order valence-electron chi connectivity index (χ4n) is 6.19. The molecule has 0 unspecified atom stereocenters. The fourth-order valence-corrected chi connectivity index (χ4v) is 6.19. The van der Waals surface area contributed by atoms with Crippen molar-refractivity contribution in [1.29, 1.82) is 0 Å². The van der Waals surface area contributed by atoms with Crippen molar-refractivity contribution >= 4 is 17.9 Å². The molecule has 0 saturated carbocycles. The minimum atomic E-state index is -0.714. The smallest absolute Gasteiger partial charge is 0.407 e. The summed E-state index contributed by atoms with van der Waals surface area (Å²) in [6, 6.07) is 19.7. The van der Waals surface area contributed by atoms with E-state index in [0.717, 1.165) is 70.1 Å². The number of nitrogens with zero attached hydrogens (tertiary/aromatic N) is 2. The average Bonchev–Trinajstić information content (AvgIpc) is 3.02. The van der Waals surface area contributed by atoms with Gasteiger partial charge in [0.2, 0.25) is 11.8 Å². The first-order valence-corrected chi connectivity index (χ1v) is 15.8. The van der Waals surface area contributed by atoms with Crippen LogP contribution in [0.5, 0.6) is 0 Å². The van der Waals surface area contributed by atoms with Crippen LogP contribution in [0.25, 0.3) is 0 Å². The number of nitrogens with one attached hydrogen (secondary N) is 2. The van der Waals surface area contributed by atoms with Crippen LogP contribution in [0.15, 0.2) is 60.7 Å². The second-order valence-electron chi connectivity index (χ2n) is 11.7. The van der Waals surface area contributed by atoms with E-state index in [-0.39, 0.29) is 18.4 Å². The van der Waals surface area contributed by atoms with Gasteiger partial charge in [-0.25, -0.2) is 4.79 Å². The Morgan fingerprint density at radius 3 is 2.29 bits per heavy atom. The first-order chi connectivity index (χ1) is 20.5. The van der Waals surface area contributed by atoms with Crippen LogP contribution in [0.1, 0.15) is 75.8 Å². The lowest BCUT2D eigenvalue weighted by Gasteiger charge is -2.51. The molecule has 2 aromatic rings. The molecule has 0 aliphatic carbocycles. The molecule has 2 aliphatic rings. The van der Waals surface area contributed by atoms with Crippen molar-refractivity contribution < 1.29 is 19.1 Å². The van der Waals surface area contributed by atoms with E-state index >= 15 is 0 Å². The summed E-state index contributed by atoms with van der Waals surface area (Å²) >= 11 is 0. The van der Waals surface area contributed by atoms with Crippen LogP contribution in [0.3, 0.4) is 0 Å².